The molecule has 5 aromatic carbocycles. The smallest absolute Gasteiger partial charge is 0.297 e. The molecule has 0 aliphatic heterocycles. The van der Waals surface area contributed by atoms with Gasteiger partial charge in [0.1, 0.15) is 29.2 Å². The lowest BCUT2D eigenvalue weighted by atomic mass is 9.87. The zero-order valence-electron chi connectivity index (χ0n) is 26.4. The molecule has 7 aromatic rings. The van der Waals surface area contributed by atoms with E-state index >= 15 is 0 Å². The van der Waals surface area contributed by atoms with Gasteiger partial charge in [0, 0.05) is 21.9 Å². The highest BCUT2D eigenvalue weighted by atomic mass is 16.3. The summed E-state index contributed by atoms with van der Waals surface area (Å²) in [5, 5.41) is 2.30. The highest BCUT2D eigenvalue weighted by molar-refractivity contribution is 6.09. The molecule has 0 spiro atoms. The maximum Gasteiger partial charge on any atom is 0.297 e. The van der Waals surface area contributed by atoms with Gasteiger partial charge in [-0.1, -0.05) is 113 Å². The second kappa shape index (κ2) is 11.0. The van der Waals surface area contributed by atoms with Gasteiger partial charge in [-0.15, -0.1) is 0 Å². The Morgan fingerprint density at radius 2 is 1.23 bits per heavy atom. The second-order valence-corrected chi connectivity index (χ2v) is 12.6. The molecule has 0 atom stereocenters. The van der Waals surface area contributed by atoms with Gasteiger partial charge in [0.2, 0.25) is 0 Å². The first-order valence-corrected chi connectivity index (χ1v) is 15.6. The van der Waals surface area contributed by atoms with Crippen LogP contribution in [0.25, 0.3) is 61.3 Å². The summed E-state index contributed by atoms with van der Waals surface area (Å²) in [6.07, 6.45) is 4.39. The summed E-state index contributed by atoms with van der Waals surface area (Å²) >= 11 is 0. The maximum atomic E-state index is 6.58. The van der Waals surface area contributed by atoms with Crippen LogP contribution in [0.4, 0.5) is 0 Å². The van der Waals surface area contributed by atoms with Crippen molar-refractivity contribution in [3.05, 3.63) is 132 Å². The molecule has 0 saturated carbocycles. The van der Waals surface area contributed by atoms with Crippen molar-refractivity contribution in [3.63, 3.8) is 0 Å². The number of hydrogen-bond acceptors (Lipinski definition) is 1. The predicted octanol–water partition coefficient (Wildman–Crippen LogP) is 10.8. The number of para-hydroxylation sites is 1. The fourth-order valence-corrected chi connectivity index (χ4v) is 6.61. The number of hydrogen-bond donors (Lipinski definition) is 0. The molecule has 0 aliphatic carbocycles. The van der Waals surface area contributed by atoms with Gasteiger partial charge in [-0.05, 0) is 64.8 Å². The van der Waals surface area contributed by atoms with Crippen LogP contribution in [0.5, 0.6) is 0 Å². The summed E-state index contributed by atoms with van der Waals surface area (Å²) in [7, 11) is 2.14. The number of nitrogens with zero attached hydrogens (tertiary/aromatic N) is 2. The van der Waals surface area contributed by atoms with Gasteiger partial charge in [0.25, 0.3) is 5.82 Å². The Kier molecular flexibility index (Phi) is 6.97. The summed E-state index contributed by atoms with van der Waals surface area (Å²) in [6.45, 7) is 11.4. The van der Waals surface area contributed by atoms with Crippen molar-refractivity contribution in [2.45, 2.75) is 46.5 Å². The molecule has 0 amide bonds. The summed E-state index contributed by atoms with van der Waals surface area (Å²) < 4.78 is 11.2. The number of furan rings is 1. The molecule has 0 aliphatic rings. The monoisotopic (exact) mass is 575 g/mol. The zero-order valence-corrected chi connectivity index (χ0v) is 26.4. The van der Waals surface area contributed by atoms with Crippen molar-refractivity contribution in [2.75, 3.05) is 0 Å². The average Bonchev–Trinajstić information content (AvgIpc) is 3.60. The van der Waals surface area contributed by atoms with Crippen LogP contribution in [0, 0.1) is 6.92 Å². The molecule has 44 heavy (non-hydrogen) atoms. The number of rotatable bonds is 6. The molecule has 0 fully saturated rings. The number of imidazole rings is 1. The third-order valence-electron chi connectivity index (χ3n) is 8.96. The first-order chi connectivity index (χ1) is 21.3. The first kappa shape index (κ1) is 27.9. The van der Waals surface area contributed by atoms with Gasteiger partial charge < -0.3 is 4.42 Å². The van der Waals surface area contributed by atoms with Crippen LogP contribution in [-0.2, 0) is 7.05 Å². The predicted molar refractivity (Wildman–Crippen MR) is 183 cm³/mol. The zero-order chi connectivity index (χ0) is 30.5. The second-order valence-electron chi connectivity index (χ2n) is 12.6. The summed E-state index contributed by atoms with van der Waals surface area (Å²) in [5.74, 6) is 1.78. The minimum atomic E-state index is 0.328. The van der Waals surface area contributed by atoms with Crippen LogP contribution in [0.2, 0.25) is 0 Å². The van der Waals surface area contributed by atoms with Gasteiger partial charge in [-0.2, -0.15) is 4.57 Å². The summed E-state index contributed by atoms with van der Waals surface area (Å²) in [6, 6.07) is 37.2. The van der Waals surface area contributed by atoms with Crippen LogP contribution in [0.3, 0.4) is 0 Å². The minimum absolute atomic E-state index is 0.328. The van der Waals surface area contributed by atoms with Gasteiger partial charge in [-0.3, -0.25) is 0 Å². The molecule has 218 valence electrons. The Morgan fingerprint density at radius 3 is 1.89 bits per heavy atom. The Bertz CT molecular complexity index is 2100. The lowest BCUT2D eigenvalue weighted by molar-refractivity contribution is -0.659. The van der Waals surface area contributed by atoms with E-state index in [9.17, 15) is 0 Å². The van der Waals surface area contributed by atoms with Gasteiger partial charge in [0.15, 0.2) is 5.58 Å². The Labute approximate surface area is 260 Å². The first-order valence-electron chi connectivity index (χ1n) is 15.6. The SMILES string of the molecule is Cc1ccc2c(oc3ccccc32)c1-c1n(-c2c(C(C)C)cc(-c3ccc(-c4ccccc4)cc3)cc2C(C)C)cc[n+]1C. The molecular formula is C41H39N2O+. The maximum absolute atomic E-state index is 6.58. The lowest BCUT2D eigenvalue weighted by Gasteiger charge is -2.20. The standard InChI is InChI=1S/C41H39N2O/c1-26(2)35-24-32(31-19-17-30(18-20-31)29-12-8-7-9-13-29)25-36(27(3)4)39(35)43-23-22-42(6)41(43)38-28(5)16-21-34-33-14-10-11-15-37(33)44-40(34)38/h7-27H,1-6H3/q+1. The van der Waals surface area contributed by atoms with E-state index < -0.39 is 0 Å². The van der Waals surface area contributed by atoms with Crippen LogP contribution >= 0.6 is 0 Å². The van der Waals surface area contributed by atoms with E-state index in [1.54, 1.807) is 0 Å². The van der Waals surface area contributed by atoms with E-state index in [1.165, 1.54) is 44.6 Å². The largest absolute Gasteiger partial charge is 0.455 e. The van der Waals surface area contributed by atoms with Crippen molar-refractivity contribution in [1.29, 1.82) is 0 Å². The number of aromatic nitrogens is 2. The number of fused-ring (bicyclic) bond motifs is 3. The van der Waals surface area contributed by atoms with E-state index in [0.717, 1.165) is 33.3 Å². The normalized spacial score (nSPS) is 11.8. The summed E-state index contributed by atoms with van der Waals surface area (Å²) in [4.78, 5) is 0. The molecule has 0 saturated heterocycles. The topological polar surface area (TPSA) is 21.9 Å². The Hall–Kier alpha value is -4.89. The molecule has 0 bridgehead atoms. The van der Waals surface area contributed by atoms with Crippen molar-refractivity contribution >= 4 is 21.9 Å². The van der Waals surface area contributed by atoms with Crippen molar-refractivity contribution in [1.82, 2.24) is 4.57 Å². The van der Waals surface area contributed by atoms with E-state index in [-0.39, 0.29) is 0 Å². The molecule has 2 aromatic heterocycles. The molecule has 0 radical (unpaired) electrons. The molecule has 2 heterocycles. The van der Waals surface area contributed by atoms with Crippen LogP contribution in [0.15, 0.2) is 120 Å². The lowest BCUT2D eigenvalue weighted by Crippen LogP contribution is -2.29. The third-order valence-corrected chi connectivity index (χ3v) is 8.96. The molecule has 3 nitrogen and oxygen atoms in total. The third kappa shape index (κ3) is 4.64. The molecule has 7 rings (SSSR count). The Morgan fingerprint density at radius 1 is 0.636 bits per heavy atom. The van der Waals surface area contributed by atoms with Crippen molar-refractivity contribution in [3.8, 4) is 39.3 Å². The molecular weight excluding hydrogens is 536 g/mol. The van der Waals surface area contributed by atoms with E-state index in [2.05, 4.69) is 160 Å². The van der Waals surface area contributed by atoms with Crippen molar-refractivity contribution in [2.24, 2.45) is 7.05 Å². The van der Waals surface area contributed by atoms with Crippen LogP contribution < -0.4 is 4.57 Å². The van der Waals surface area contributed by atoms with Gasteiger partial charge in [-0.25, -0.2) is 4.57 Å². The van der Waals surface area contributed by atoms with Crippen molar-refractivity contribution < 1.29 is 8.98 Å². The molecule has 0 N–H and O–H groups in total. The highest BCUT2D eigenvalue weighted by Crippen LogP contribution is 2.41. The van der Waals surface area contributed by atoms with E-state index in [1.807, 2.05) is 6.07 Å². The fourth-order valence-electron chi connectivity index (χ4n) is 6.61. The Balaban J connectivity index is 1.44. The van der Waals surface area contributed by atoms with Crippen LogP contribution in [0.1, 0.15) is 56.2 Å². The summed E-state index contributed by atoms with van der Waals surface area (Å²) in [5.41, 5.74) is 13.1. The number of benzene rings is 5. The minimum Gasteiger partial charge on any atom is -0.455 e. The molecule has 0 unspecified atom stereocenters. The van der Waals surface area contributed by atoms with Gasteiger partial charge >= 0.3 is 0 Å². The van der Waals surface area contributed by atoms with E-state index in [0.29, 0.717) is 11.8 Å². The quantitative estimate of drug-likeness (QED) is 0.181. The molecule has 3 heteroatoms. The fraction of sp³-hybridized carbons (Fsp3) is 0.195. The van der Waals surface area contributed by atoms with Crippen LogP contribution in [-0.4, -0.2) is 4.57 Å². The van der Waals surface area contributed by atoms with Gasteiger partial charge in [0.05, 0.1) is 7.05 Å². The highest BCUT2D eigenvalue weighted by Gasteiger charge is 2.30. The van der Waals surface area contributed by atoms with E-state index in [4.69, 9.17) is 4.42 Å². The average molecular weight is 576 g/mol. The number of aryl methyl sites for hydroxylation is 2.